The Morgan fingerprint density at radius 2 is 1.61 bits per heavy atom. The lowest BCUT2D eigenvalue weighted by molar-refractivity contribution is 0.242. The summed E-state index contributed by atoms with van der Waals surface area (Å²) < 4.78 is 8.30. The van der Waals surface area contributed by atoms with E-state index < -0.39 is 0 Å². The first-order chi connectivity index (χ1) is 18.2. The largest absolute Gasteiger partial charge is 0.491 e. The van der Waals surface area contributed by atoms with Crippen molar-refractivity contribution in [1.29, 1.82) is 0 Å². The summed E-state index contributed by atoms with van der Waals surface area (Å²) in [7, 11) is 0. The standard InChI is InChI=1S/C32H36N4OS/c1-19(2)37-26-13-11-25(12-14-26)36-31(29(34-32(36)38)28-10-8-9-15-33-28)27-18-23(6)35(24(27)7)30-21(4)16-20(3)17-22(30)5/h8-19,29,31H,1-7H3,(H,34,38). The molecular formula is C32H36N4OS. The number of hydrogen-bond donors (Lipinski definition) is 1. The Morgan fingerprint density at radius 3 is 2.21 bits per heavy atom. The molecule has 2 atom stereocenters. The molecule has 0 amide bonds. The normalized spacial score (nSPS) is 17.3. The topological polar surface area (TPSA) is 42.3 Å². The van der Waals surface area contributed by atoms with Crippen molar-refractivity contribution in [3.8, 4) is 11.4 Å². The van der Waals surface area contributed by atoms with Crippen molar-refractivity contribution in [2.45, 2.75) is 66.7 Å². The van der Waals surface area contributed by atoms with Gasteiger partial charge in [0.2, 0.25) is 0 Å². The van der Waals surface area contributed by atoms with E-state index in [0.29, 0.717) is 5.11 Å². The number of aryl methyl sites for hydroxylation is 4. The van der Waals surface area contributed by atoms with Crippen molar-refractivity contribution in [3.05, 3.63) is 106 Å². The Hall–Kier alpha value is -3.64. The first-order valence-electron chi connectivity index (χ1n) is 13.2. The predicted molar refractivity (Wildman–Crippen MR) is 160 cm³/mol. The van der Waals surface area contributed by atoms with Gasteiger partial charge in [-0.15, -0.1) is 0 Å². The van der Waals surface area contributed by atoms with Crippen LogP contribution in [0.4, 0.5) is 5.69 Å². The van der Waals surface area contributed by atoms with E-state index in [1.54, 1.807) is 0 Å². The van der Waals surface area contributed by atoms with Gasteiger partial charge in [-0.1, -0.05) is 23.8 Å². The Morgan fingerprint density at radius 1 is 0.921 bits per heavy atom. The van der Waals surface area contributed by atoms with Gasteiger partial charge in [0.15, 0.2) is 5.11 Å². The molecule has 1 fully saturated rings. The number of aromatic nitrogens is 2. The van der Waals surface area contributed by atoms with Crippen molar-refractivity contribution >= 4 is 23.0 Å². The minimum Gasteiger partial charge on any atom is -0.491 e. The Labute approximate surface area is 231 Å². The van der Waals surface area contributed by atoms with Crippen molar-refractivity contribution in [2.24, 2.45) is 0 Å². The second-order valence-corrected chi connectivity index (χ2v) is 11.0. The number of benzene rings is 2. The monoisotopic (exact) mass is 524 g/mol. The summed E-state index contributed by atoms with van der Waals surface area (Å²) in [5, 5.41) is 4.28. The quantitative estimate of drug-likeness (QED) is 0.267. The van der Waals surface area contributed by atoms with Gasteiger partial charge in [-0.2, -0.15) is 0 Å². The minimum atomic E-state index is -0.0931. The molecule has 0 aliphatic carbocycles. The lowest BCUT2D eigenvalue weighted by atomic mass is 9.96. The summed E-state index contributed by atoms with van der Waals surface area (Å²) in [6.07, 6.45) is 1.97. The number of ether oxygens (including phenoxy) is 1. The molecule has 6 heteroatoms. The molecule has 0 saturated carbocycles. The molecule has 2 unspecified atom stereocenters. The third kappa shape index (κ3) is 4.69. The number of nitrogens with one attached hydrogen (secondary N) is 1. The van der Waals surface area contributed by atoms with E-state index >= 15 is 0 Å². The van der Waals surface area contributed by atoms with Crippen LogP contribution in [0.2, 0.25) is 0 Å². The van der Waals surface area contributed by atoms with Crippen molar-refractivity contribution in [1.82, 2.24) is 14.9 Å². The average Bonchev–Trinajstić information content (AvgIpc) is 3.35. The second-order valence-electron chi connectivity index (χ2n) is 10.6. The first kappa shape index (κ1) is 26.0. The molecule has 196 valence electrons. The Balaban J connectivity index is 1.66. The Bertz CT molecular complexity index is 1450. The summed E-state index contributed by atoms with van der Waals surface area (Å²) >= 11 is 5.96. The van der Waals surface area contributed by atoms with Gasteiger partial charge in [0.05, 0.1) is 29.6 Å². The van der Waals surface area contributed by atoms with Gasteiger partial charge in [-0.25, -0.2) is 0 Å². The third-order valence-electron chi connectivity index (χ3n) is 7.23. The molecule has 0 spiro atoms. The number of pyridine rings is 1. The van der Waals surface area contributed by atoms with Crippen LogP contribution < -0.4 is 15.0 Å². The van der Waals surface area contributed by atoms with Crippen LogP contribution in [0.5, 0.6) is 5.75 Å². The van der Waals surface area contributed by atoms with Gasteiger partial charge in [0.25, 0.3) is 0 Å². The van der Waals surface area contributed by atoms with E-state index in [1.807, 2.05) is 44.3 Å². The van der Waals surface area contributed by atoms with Crippen LogP contribution in [0.15, 0.2) is 66.9 Å². The van der Waals surface area contributed by atoms with Crippen molar-refractivity contribution < 1.29 is 4.74 Å². The molecule has 0 radical (unpaired) electrons. The zero-order valence-electron chi connectivity index (χ0n) is 23.2. The second kappa shape index (κ2) is 10.3. The van der Waals surface area contributed by atoms with Crippen LogP contribution in [0, 0.1) is 34.6 Å². The first-order valence-corrected chi connectivity index (χ1v) is 13.6. The van der Waals surface area contributed by atoms with Gasteiger partial charge >= 0.3 is 0 Å². The van der Waals surface area contributed by atoms with Crippen LogP contribution in [0.3, 0.4) is 0 Å². The van der Waals surface area contributed by atoms with Gasteiger partial charge in [-0.05, 0) is 120 Å². The molecule has 1 N–H and O–H groups in total. The van der Waals surface area contributed by atoms with Gasteiger partial charge < -0.3 is 19.5 Å². The maximum absolute atomic E-state index is 5.96. The van der Waals surface area contributed by atoms with Crippen LogP contribution in [-0.4, -0.2) is 20.8 Å². The molecule has 3 heterocycles. The maximum atomic E-state index is 5.96. The number of anilines is 1. The molecule has 38 heavy (non-hydrogen) atoms. The van der Waals surface area contributed by atoms with Crippen LogP contribution in [0.25, 0.3) is 5.69 Å². The van der Waals surface area contributed by atoms with Gasteiger partial charge in [0.1, 0.15) is 5.75 Å². The van der Waals surface area contributed by atoms with Crippen molar-refractivity contribution in [2.75, 3.05) is 4.90 Å². The molecule has 1 aliphatic rings. The highest BCUT2D eigenvalue weighted by Crippen LogP contribution is 2.44. The van der Waals surface area contributed by atoms with E-state index in [-0.39, 0.29) is 18.2 Å². The molecular weight excluding hydrogens is 488 g/mol. The highest BCUT2D eigenvalue weighted by molar-refractivity contribution is 7.80. The lowest BCUT2D eigenvalue weighted by Crippen LogP contribution is -2.29. The summed E-state index contributed by atoms with van der Waals surface area (Å²) in [4.78, 5) is 6.96. The van der Waals surface area contributed by atoms with Crippen LogP contribution in [-0.2, 0) is 0 Å². The van der Waals surface area contributed by atoms with Gasteiger partial charge in [0, 0.05) is 23.3 Å². The minimum absolute atomic E-state index is 0.0692. The highest BCUT2D eigenvalue weighted by atomic mass is 32.1. The summed E-state index contributed by atoms with van der Waals surface area (Å²) in [5.41, 5.74) is 10.7. The number of rotatable bonds is 6. The predicted octanol–water partition coefficient (Wildman–Crippen LogP) is 7.38. The molecule has 5 nitrogen and oxygen atoms in total. The van der Waals surface area contributed by atoms with E-state index in [4.69, 9.17) is 21.9 Å². The fourth-order valence-corrected chi connectivity index (χ4v) is 6.21. The summed E-state index contributed by atoms with van der Waals surface area (Å²) in [6, 6.07) is 20.9. The van der Waals surface area contributed by atoms with Crippen molar-refractivity contribution in [3.63, 3.8) is 0 Å². The Kier molecular flexibility index (Phi) is 7.01. The maximum Gasteiger partial charge on any atom is 0.174 e. The van der Waals surface area contributed by atoms with Crippen LogP contribution in [0.1, 0.15) is 65.3 Å². The van der Waals surface area contributed by atoms with Crippen LogP contribution >= 0.6 is 12.2 Å². The molecule has 1 aliphatic heterocycles. The number of nitrogens with zero attached hydrogens (tertiary/aromatic N) is 3. The third-order valence-corrected chi connectivity index (χ3v) is 7.55. The zero-order chi connectivity index (χ0) is 27.1. The molecule has 0 bridgehead atoms. The molecule has 2 aromatic heterocycles. The smallest absolute Gasteiger partial charge is 0.174 e. The molecule has 1 saturated heterocycles. The molecule has 4 aromatic rings. The van der Waals surface area contributed by atoms with E-state index in [2.05, 4.69) is 85.8 Å². The van der Waals surface area contributed by atoms with E-state index in [9.17, 15) is 0 Å². The SMILES string of the molecule is Cc1cc(C)c(-n2c(C)cc(C3C(c4ccccn4)NC(=S)N3c3ccc(OC(C)C)cc3)c2C)c(C)c1. The van der Waals surface area contributed by atoms with E-state index in [0.717, 1.165) is 17.1 Å². The molecule has 2 aromatic carbocycles. The number of hydrogen-bond acceptors (Lipinski definition) is 3. The summed E-state index contributed by atoms with van der Waals surface area (Å²) in [5.74, 6) is 0.850. The fraction of sp³-hybridized carbons (Fsp3) is 0.312. The van der Waals surface area contributed by atoms with Gasteiger partial charge in [-0.3, -0.25) is 4.98 Å². The zero-order valence-corrected chi connectivity index (χ0v) is 24.1. The highest BCUT2D eigenvalue weighted by Gasteiger charge is 2.42. The summed E-state index contributed by atoms with van der Waals surface area (Å²) in [6.45, 7) is 15.0. The fourth-order valence-electron chi connectivity index (χ4n) is 5.86. The lowest BCUT2D eigenvalue weighted by Gasteiger charge is -2.28. The molecule has 5 rings (SSSR count). The number of thiocarbonyl (C=S) groups is 1. The van der Waals surface area contributed by atoms with E-state index in [1.165, 1.54) is 39.3 Å². The average molecular weight is 525 g/mol.